The third kappa shape index (κ3) is 2.61. The van der Waals surface area contributed by atoms with Gasteiger partial charge < -0.3 is 10.1 Å². The molecule has 0 bridgehead atoms. The second-order valence-electron chi connectivity index (χ2n) is 6.08. The van der Waals surface area contributed by atoms with Gasteiger partial charge >= 0.3 is 5.97 Å². The van der Waals surface area contributed by atoms with Crippen LogP contribution in [0.1, 0.15) is 21.5 Å². The van der Waals surface area contributed by atoms with Crippen molar-refractivity contribution >= 4 is 26.9 Å². The van der Waals surface area contributed by atoms with Gasteiger partial charge in [0.1, 0.15) is 0 Å². The van der Waals surface area contributed by atoms with Crippen LogP contribution in [0.5, 0.6) is 0 Å². The molecule has 0 radical (unpaired) electrons. The average molecular weight is 356 g/mol. The second kappa shape index (κ2) is 5.72. The third-order valence-electron chi connectivity index (χ3n) is 4.59. The highest BCUT2D eigenvalue weighted by Gasteiger charge is 2.30. The summed E-state index contributed by atoms with van der Waals surface area (Å²) in [5, 5.41) is 9.79. The third-order valence-corrected chi connectivity index (χ3v) is 6.48. The zero-order valence-electron chi connectivity index (χ0n) is 13.3. The molecule has 1 aromatic heterocycles. The molecule has 0 unspecified atom stereocenters. The zero-order valence-corrected chi connectivity index (χ0v) is 14.1. The Morgan fingerprint density at radius 3 is 2.64 bits per heavy atom. The Balaban J connectivity index is 1.82. The predicted molar refractivity (Wildman–Crippen MR) is 93.0 cm³/mol. The molecule has 0 aliphatic carbocycles. The van der Waals surface area contributed by atoms with Crippen molar-refractivity contribution in [1.82, 2.24) is 9.29 Å². The molecule has 1 aliphatic heterocycles. The quantitative estimate of drug-likeness (QED) is 0.755. The summed E-state index contributed by atoms with van der Waals surface area (Å²) in [5.74, 6) is -1.16. The summed E-state index contributed by atoms with van der Waals surface area (Å²) in [6.45, 7) is 0.671. The lowest BCUT2D eigenvalue weighted by Gasteiger charge is -2.28. The molecule has 2 aromatic carbocycles. The van der Waals surface area contributed by atoms with Crippen LogP contribution in [0.2, 0.25) is 0 Å². The molecule has 25 heavy (non-hydrogen) atoms. The van der Waals surface area contributed by atoms with Crippen LogP contribution in [0.3, 0.4) is 0 Å². The molecule has 0 spiro atoms. The lowest BCUT2D eigenvalue weighted by Crippen LogP contribution is -2.36. The maximum absolute atomic E-state index is 13.2. The number of H-pyrrole nitrogens is 1. The van der Waals surface area contributed by atoms with Gasteiger partial charge in [0.2, 0.25) is 10.0 Å². The van der Waals surface area contributed by atoms with Gasteiger partial charge in [-0.15, -0.1) is 0 Å². The normalized spacial score (nSPS) is 15.2. The molecule has 0 atom stereocenters. The van der Waals surface area contributed by atoms with Crippen molar-refractivity contribution in [3.05, 3.63) is 65.4 Å². The van der Waals surface area contributed by atoms with Gasteiger partial charge in [0.15, 0.2) is 0 Å². The van der Waals surface area contributed by atoms with E-state index in [-0.39, 0.29) is 10.5 Å². The molecule has 0 saturated carbocycles. The molecule has 128 valence electrons. The van der Waals surface area contributed by atoms with Gasteiger partial charge in [0.05, 0.1) is 10.5 Å². The highest BCUT2D eigenvalue weighted by molar-refractivity contribution is 7.89. The van der Waals surface area contributed by atoms with Crippen LogP contribution in [0, 0.1) is 0 Å². The number of carboxylic acids is 1. The van der Waals surface area contributed by atoms with E-state index >= 15 is 0 Å². The average Bonchev–Trinajstić information content (AvgIpc) is 3.08. The van der Waals surface area contributed by atoms with E-state index in [1.807, 2.05) is 24.3 Å². The molecule has 3 aromatic rings. The summed E-state index contributed by atoms with van der Waals surface area (Å²) in [7, 11) is -3.81. The number of aromatic nitrogens is 1. The standard InChI is InChI=1S/C18H16N2O4S/c21-18(22)14-9-16-15(5-7-19-16)17(10-14)25(23,24)20-8-6-12-3-1-2-4-13(12)11-20/h1-5,7,9-10,19H,6,8,11H2,(H,21,22). The van der Waals surface area contributed by atoms with Crippen molar-refractivity contribution in [1.29, 1.82) is 0 Å². The lowest BCUT2D eigenvalue weighted by molar-refractivity contribution is 0.0697. The monoisotopic (exact) mass is 356 g/mol. The maximum Gasteiger partial charge on any atom is 0.335 e. The minimum absolute atomic E-state index is 0.0306. The first-order valence-corrected chi connectivity index (χ1v) is 9.32. The van der Waals surface area contributed by atoms with Crippen molar-refractivity contribution in [2.24, 2.45) is 0 Å². The zero-order chi connectivity index (χ0) is 17.6. The van der Waals surface area contributed by atoms with E-state index < -0.39 is 16.0 Å². The minimum atomic E-state index is -3.81. The number of carbonyl (C=O) groups is 1. The molecule has 0 fully saturated rings. The van der Waals surface area contributed by atoms with Crippen LogP contribution < -0.4 is 0 Å². The minimum Gasteiger partial charge on any atom is -0.478 e. The molecule has 1 aliphatic rings. The summed E-state index contributed by atoms with van der Waals surface area (Å²) in [6, 6.07) is 12.1. The summed E-state index contributed by atoms with van der Waals surface area (Å²) in [5.41, 5.74) is 2.58. The first-order chi connectivity index (χ1) is 12.0. The van der Waals surface area contributed by atoms with Crippen LogP contribution in [-0.4, -0.2) is 35.3 Å². The van der Waals surface area contributed by atoms with Gasteiger partial charge in [-0.2, -0.15) is 4.31 Å². The van der Waals surface area contributed by atoms with E-state index in [4.69, 9.17) is 0 Å². The Morgan fingerprint density at radius 1 is 1.12 bits per heavy atom. The number of benzene rings is 2. The van der Waals surface area contributed by atoms with Crippen molar-refractivity contribution in [3.8, 4) is 0 Å². The summed E-state index contributed by atoms with van der Waals surface area (Å²) >= 11 is 0. The molecule has 4 rings (SSSR count). The molecule has 2 N–H and O–H groups in total. The Labute approximate surface area is 144 Å². The molecule has 2 heterocycles. The van der Waals surface area contributed by atoms with Gasteiger partial charge in [0.25, 0.3) is 0 Å². The van der Waals surface area contributed by atoms with E-state index in [2.05, 4.69) is 4.98 Å². The molecular weight excluding hydrogens is 340 g/mol. The summed E-state index contributed by atoms with van der Waals surface area (Å²) < 4.78 is 27.8. The molecule has 0 saturated heterocycles. The van der Waals surface area contributed by atoms with Gasteiger partial charge in [-0.3, -0.25) is 0 Å². The highest BCUT2D eigenvalue weighted by Crippen LogP contribution is 2.30. The van der Waals surface area contributed by atoms with Crippen molar-refractivity contribution < 1.29 is 18.3 Å². The van der Waals surface area contributed by atoms with E-state index in [1.54, 1.807) is 12.3 Å². The lowest BCUT2D eigenvalue weighted by atomic mass is 10.0. The van der Waals surface area contributed by atoms with E-state index in [9.17, 15) is 18.3 Å². The predicted octanol–water partition coefficient (Wildman–Crippen LogP) is 2.61. The maximum atomic E-state index is 13.2. The van der Waals surface area contributed by atoms with E-state index in [0.717, 1.165) is 11.1 Å². The number of rotatable bonds is 3. The Hall–Kier alpha value is -2.64. The number of fused-ring (bicyclic) bond motifs is 2. The van der Waals surface area contributed by atoms with Crippen LogP contribution in [-0.2, 0) is 23.0 Å². The second-order valence-corrected chi connectivity index (χ2v) is 7.98. The SMILES string of the molecule is O=C(O)c1cc(S(=O)(=O)N2CCc3ccccc3C2)c2cc[nH]c2c1. The number of hydrogen-bond acceptors (Lipinski definition) is 3. The molecule has 6 nitrogen and oxygen atoms in total. The number of hydrogen-bond donors (Lipinski definition) is 2. The number of nitrogens with one attached hydrogen (secondary N) is 1. The van der Waals surface area contributed by atoms with Crippen molar-refractivity contribution in [2.45, 2.75) is 17.9 Å². The first-order valence-electron chi connectivity index (χ1n) is 7.88. The van der Waals surface area contributed by atoms with Gasteiger partial charge in [-0.25, -0.2) is 13.2 Å². The summed E-state index contributed by atoms with van der Waals surface area (Å²) in [4.78, 5) is 14.3. The fourth-order valence-corrected chi connectivity index (χ4v) is 4.93. The number of nitrogens with zero attached hydrogens (tertiary/aromatic N) is 1. The number of aromatic amines is 1. The van der Waals surface area contributed by atoms with Crippen LogP contribution in [0.15, 0.2) is 53.6 Å². The largest absolute Gasteiger partial charge is 0.478 e. The summed E-state index contributed by atoms with van der Waals surface area (Å²) in [6.07, 6.45) is 2.26. The van der Waals surface area contributed by atoms with Crippen molar-refractivity contribution in [3.63, 3.8) is 0 Å². The van der Waals surface area contributed by atoms with E-state index in [0.29, 0.717) is 30.4 Å². The number of aromatic carboxylic acids is 1. The smallest absolute Gasteiger partial charge is 0.335 e. The van der Waals surface area contributed by atoms with Gasteiger partial charge in [-0.1, -0.05) is 24.3 Å². The van der Waals surface area contributed by atoms with E-state index in [1.165, 1.54) is 16.4 Å². The molecule has 0 amide bonds. The number of sulfonamides is 1. The van der Waals surface area contributed by atoms with Crippen LogP contribution >= 0.6 is 0 Å². The molecule has 7 heteroatoms. The topological polar surface area (TPSA) is 90.5 Å². The van der Waals surface area contributed by atoms with Gasteiger partial charge in [-0.05, 0) is 35.7 Å². The Morgan fingerprint density at radius 2 is 1.88 bits per heavy atom. The fraction of sp³-hybridized carbons (Fsp3) is 0.167. The van der Waals surface area contributed by atoms with Crippen LogP contribution in [0.25, 0.3) is 10.9 Å². The first kappa shape index (κ1) is 15.9. The molecular formula is C18H16N2O4S. The fourth-order valence-electron chi connectivity index (χ4n) is 3.28. The highest BCUT2D eigenvalue weighted by atomic mass is 32.2. The van der Waals surface area contributed by atoms with Crippen LogP contribution in [0.4, 0.5) is 0 Å². The van der Waals surface area contributed by atoms with Gasteiger partial charge in [0, 0.05) is 30.2 Å². The van der Waals surface area contributed by atoms with Crippen molar-refractivity contribution in [2.75, 3.05) is 6.54 Å². The number of carboxylic acid groups (broad SMARTS) is 1. The Bertz CT molecular complexity index is 1090. The Kier molecular flexibility index (Phi) is 3.63.